The van der Waals surface area contributed by atoms with Crippen LogP contribution in [0.3, 0.4) is 0 Å². The number of nitrogens with two attached hydrogens (primary N) is 1. The molecule has 0 bridgehead atoms. The van der Waals surface area contributed by atoms with Gasteiger partial charge in [-0.05, 0) is 25.1 Å². The van der Waals surface area contributed by atoms with Gasteiger partial charge in [-0.2, -0.15) is 0 Å². The fourth-order valence-corrected chi connectivity index (χ4v) is 2.22. The molecule has 0 spiro atoms. The van der Waals surface area contributed by atoms with Crippen LogP contribution in [0.25, 0.3) is 0 Å². The van der Waals surface area contributed by atoms with Gasteiger partial charge in [0.25, 0.3) is 0 Å². The number of anilines is 2. The van der Waals surface area contributed by atoms with Gasteiger partial charge in [0.15, 0.2) is 0 Å². The van der Waals surface area contributed by atoms with Gasteiger partial charge in [-0.3, -0.25) is 0 Å². The van der Waals surface area contributed by atoms with Crippen LogP contribution in [0.15, 0.2) is 23.1 Å². The number of hydrogen-bond acceptors (Lipinski definition) is 3. The molecule has 3 N–H and O–H groups in total. The highest BCUT2D eigenvalue weighted by molar-refractivity contribution is 8.00. The van der Waals surface area contributed by atoms with Crippen molar-refractivity contribution < 1.29 is 0 Å². The molecule has 1 aromatic rings. The van der Waals surface area contributed by atoms with Gasteiger partial charge in [0.2, 0.25) is 0 Å². The minimum Gasteiger partial charge on any atom is -0.399 e. The summed E-state index contributed by atoms with van der Waals surface area (Å²) in [5.74, 6) is 0. The summed E-state index contributed by atoms with van der Waals surface area (Å²) in [6, 6.07) is 5.96. The van der Waals surface area contributed by atoms with Gasteiger partial charge in [-0.25, -0.2) is 0 Å². The van der Waals surface area contributed by atoms with Gasteiger partial charge in [0.05, 0.1) is 5.37 Å². The van der Waals surface area contributed by atoms with E-state index in [4.69, 9.17) is 5.73 Å². The van der Waals surface area contributed by atoms with Gasteiger partial charge >= 0.3 is 0 Å². The molecule has 0 radical (unpaired) electrons. The van der Waals surface area contributed by atoms with E-state index in [9.17, 15) is 0 Å². The second-order valence-electron chi connectivity index (χ2n) is 2.66. The predicted molar refractivity (Wildman–Crippen MR) is 49.8 cm³/mol. The minimum atomic E-state index is 0.479. The lowest BCUT2D eigenvalue weighted by Gasteiger charge is -1.99. The van der Waals surface area contributed by atoms with E-state index in [2.05, 4.69) is 12.2 Å². The smallest absolute Gasteiger partial charge is 0.0741 e. The first-order valence-electron chi connectivity index (χ1n) is 3.58. The predicted octanol–water partition coefficient (Wildman–Crippen LogP) is 2.13. The molecular formula is C8H10N2S. The van der Waals surface area contributed by atoms with E-state index in [1.165, 1.54) is 10.6 Å². The maximum absolute atomic E-state index is 5.64. The molecule has 11 heavy (non-hydrogen) atoms. The largest absolute Gasteiger partial charge is 0.399 e. The van der Waals surface area contributed by atoms with Crippen molar-refractivity contribution in [3.63, 3.8) is 0 Å². The number of nitrogens with one attached hydrogen (secondary N) is 1. The molecule has 1 unspecified atom stereocenters. The Kier molecular flexibility index (Phi) is 1.46. The second-order valence-corrected chi connectivity index (χ2v) is 4.04. The average molecular weight is 166 g/mol. The van der Waals surface area contributed by atoms with Crippen molar-refractivity contribution >= 4 is 23.1 Å². The first-order chi connectivity index (χ1) is 5.25. The summed E-state index contributed by atoms with van der Waals surface area (Å²) >= 11 is 1.81. The zero-order valence-electron chi connectivity index (χ0n) is 6.29. The molecule has 1 aliphatic rings. The summed E-state index contributed by atoms with van der Waals surface area (Å²) in [5.41, 5.74) is 7.68. The Morgan fingerprint density at radius 2 is 2.36 bits per heavy atom. The highest BCUT2D eigenvalue weighted by atomic mass is 32.2. The Morgan fingerprint density at radius 1 is 1.55 bits per heavy atom. The summed E-state index contributed by atoms with van der Waals surface area (Å²) in [6.07, 6.45) is 0. The van der Waals surface area contributed by atoms with Gasteiger partial charge < -0.3 is 11.1 Å². The molecule has 0 fully saturated rings. The summed E-state index contributed by atoms with van der Waals surface area (Å²) in [6.45, 7) is 2.14. The maximum atomic E-state index is 5.64. The minimum absolute atomic E-state index is 0.479. The summed E-state index contributed by atoms with van der Waals surface area (Å²) in [7, 11) is 0. The van der Waals surface area contributed by atoms with Crippen LogP contribution in [-0.4, -0.2) is 5.37 Å². The van der Waals surface area contributed by atoms with Gasteiger partial charge in [-0.1, -0.05) is 11.8 Å². The molecule has 0 amide bonds. The summed E-state index contributed by atoms with van der Waals surface area (Å²) in [5, 5.41) is 3.81. The highest BCUT2D eigenvalue weighted by Gasteiger charge is 2.16. The van der Waals surface area contributed by atoms with Crippen molar-refractivity contribution in [3.8, 4) is 0 Å². The van der Waals surface area contributed by atoms with E-state index in [1.807, 2.05) is 30.0 Å². The van der Waals surface area contributed by atoms with Gasteiger partial charge in [-0.15, -0.1) is 0 Å². The van der Waals surface area contributed by atoms with Crippen LogP contribution in [0.2, 0.25) is 0 Å². The van der Waals surface area contributed by atoms with Gasteiger partial charge in [0.1, 0.15) is 0 Å². The lowest BCUT2D eigenvalue weighted by Crippen LogP contribution is -2.02. The van der Waals surface area contributed by atoms with E-state index in [1.54, 1.807) is 0 Å². The topological polar surface area (TPSA) is 38.0 Å². The standard InChI is InChI=1S/C8H10N2S/c1-5-10-7-3-2-6(9)4-8(7)11-5/h2-5,10H,9H2,1H3. The average Bonchev–Trinajstić information content (AvgIpc) is 2.27. The zero-order chi connectivity index (χ0) is 7.84. The first kappa shape index (κ1) is 6.85. The molecule has 1 aromatic carbocycles. The molecule has 3 heteroatoms. The van der Waals surface area contributed by atoms with Crippen molar-refractivity contribution in [2.24, 2.45) is 0 Å². The molecule has 1 heterocycles. The maximum Gasteiger partial charge on any atom is 0.0741 e. The molecule has 58 valence electrons. The van der Waals surface area contributed by atoms with Crippen LogP contribution in [-0.2, 0) is 0 Å². The molecule has 0 saturated heterocycles. The van der Waals surface area contributed by atoms with Crippen LogP contribution >= 0.6 is 11.8 Å². The Morgan fingerprint density at radius 3 is 3.18 bits per heavy atom. The Hall–Kier alpha value is -0.830. The Balaban J connectivity index is 2.43. The number of hydrogen-bond donors (Lipinski definition) is 2. The molecule has 2 rings (SSSR count). The van der Waals surface area contributed by atoms with Crippen LogP contribution in [0.5, 0.6) is 0 Å². The van der Waals surface area contributed by atoms with Crippen LogP contribution in [0, 0.1) is 0 Å². The van der Waals surface area contributed by atoms with Crippen molar-refractivity contribution in [2.45, 2.75) is 17.2 Å². The number of rotatable bonds is 0. The van der Waals surface area contributed by atoms with Gasteiger partial charge in [0, 0.05) is 16.3 Å². The second kappa shape index (κ2) is 2.34. The molecule has 0 aromatic heterocycles. The van der Waals surface area contributed by atoms with E-state index in [-0.39, 0.29) is 0 Å². The lowest BCUT2D eigenvalue weighted by molar-refractivity contribution is 1.15. The lowest BCUT2D eigenvalue weighted by atomic mass is 10.3. The van der Waals surface area contributed by atoms with Crippen LogP contribution < -0.4 is 11.1 Å². The molecule has 2 nitrogen and oxygen atoms in total. The van der Waals surface area contributed by atoms with E-state index >= 15 is 0 Å². The Labute approximate surface area is 70.2 Å². The third-order valence-corrected chi connectivity index (χ3v) is 2.73. The SMILES string of the molecule is CC1Nc2ccc(N)cc2S1. The van der Waals surface area contributed by atoms with E-state index in [0.717, 1.165) is 5.69 Å². The molecular weight excluding hydrogens is 156 g/mol. The number of nitrogen functional groups attached to an aromatic ring is 1. The van der Waals surface area contributed by atoms with Crippen molar-refractivity contribution in [1.82, 2.24) is 0 Å². The Bertz CT molecular complexity index is 285. The fraction of sp³-hybridized carbons (Fsp3) is 0.250. The summed E-state index contributed by atoms with van der Waals surface area (Å²) in [4.78, 5) is 1.26. The third kappa shape index (κ3) is 1.16. The van der Waals surface area contributed by atoms with Crippen molar-refractivity contribution in [3.05, 3.63) is 18.2 Å². The van der Waals surface area contributed by atoms with Crippen LogP contribution in [0.1, 0.15) is 6.92 Å². The molecule has 0 aliphatic carbocycles. The quantitative estimate of drug-likeness (QED) is 0.580. The third-order valence-electron chi connectivity index (χ3n) is 1.67. The number of fused-ring (bicyclic) bond motifs is 1. The zero-order valence-corrected chi connectivity index (χ0v) is 7.11. The fourth-order valence-electron chi connectivity index (χ4n) is 1.19. The normalized spacial score (nSPS) is 21.0. The van der Waals surface area contributed by atoms with Crippen LogP contribution in [0.4, 0.5) is 11.4 Å². The van der Waals surface area contributed by atoms with Crippen molar-refractivity contribution in [2.75, 3.05) is 11.1 Å². The monoisotopic (exact) mass is 166 g/mol. The molecule has 1 atom stereocenters. The highest BCUT2D eigenvalue weighted by Crippen LogP contribution is 2.38. The van der Waals surface area contributed by atoms with Crippen molar-refractivity contribution in [1.29, 1.82) is 0 Å². The number of thioether (sulfide) groups is 1. The van der Waals surface area contributed by atoms with E-state index < -0.39 is 0 Å². The van der Waals surface area contributed by atoms with E-state index in [0.29, 0.717) is 5.37 Å². The first-order valence-corrected chi connectivity index (χ1v) is 4.46. The molecule has 0 saturated carbocycles. The summed E-state index contributed by atoms with van der Waals surface area (Å²) < 4.78 is 0. The molecule has 1 aliphatic heterocycles. The number of benzene rings is 1.